The van der Waals surface area contributed by atoms with E-state index >= 15 is 0 Å². The fourth-order valence-electron chi connectivity index (χ4n) is 1.29. The van der Waals surface area contributed by atoms with Crippen LogP contribution in [0.2, 0.25) is 0 Å². The summed E-state index contributed by atoms with van der Waals surface area (Å²) in [6, 6.07) is 5.54. The number of nitrogens with one attached hydrogen (secondary N) is 1. The zero-order valence-corrected chi connectivity index (χ0v) is 9.23. The topological polar surface area (TPSA) is 60.2 Å². The Balaban J connectivity index is 1.99. The lowest BCUT2D eigenvalue weighted by Crippen LogP contribution is -2.03. The van der Waals surface area contributed by atoms with E-state index < -0.39 is 0 Å². The van der Waals surface area contributed by atoms with Gasteiger partial charge in [-0.1, -0.05) is 0 Å². The van der Waals surface area contributed by atoms with Crippen LogP contribution in [-0.4, -0.2) is 17.1 Å². The van der Waals surface area contributed by atoms with Crippen LogP contribution in [0.25, 0.3) is 0 Å². The number of anilines is 1. The molecule has 2 aromatic heterocycles. The molecule has 2 heterocycles. The molecule has 0 fully saturated rings. The van der Waals surface area contributed by atoms with E-state index in [2.05, 4.69) is 15.3 Å². The maximum Gasteiger partial charge on any atom is 0.226 e. The van der Waals surface area contributed by atoms with Gasteiger partial charge in [-0.05, 0) is 19.1 Å². The third kappa shape index (κ3) is 2.50. The second-order valence-electron chi connectivity index (χ2n) is 3.29. The summed E-state index contributed by atoms with van der Waals surface area (Å²) in [6.07, 6.45) is 1.64. The monoisotopic (exact) mass is 219 g/mol. The highest BCUT2D eigenvalue weighted by Gasteiger charge is 2.01. The molecule has 0 aliphatic carbocycles. The average molecular weight is 219 g/mol. The Morgan fingerprint density at radius 3 is 2.94 bits per heavy atom. The van der Waals surface area contributed by atoms with Crippen molar-refractivity contribution in [2.24, 2.45) is 0 Å². The number of hydrogen-bond donors (Lipinski definition) is 1. The zero-order valence-electron chi connectivity index (χ0n) is 9.23. The number of rotatable bonds is 4. The van der Waals surface area contributed by atoms with Gasteiger partial charge in [0, 0.05) is 12.3 Å². The molecule has 16 heavy (non-hydrogen) atoms. The largest absolute Gasteiger partial charge is 0.481 e. The lowest BCUT2D eigenvalue weighted by molar-refractivity contribution is 0.397. The summed E-state index contributed by atoms with van der Waals surface area (Å²) in [5.74, 6) is 2.80. The molecule has 0 atom stereocenters. The second kappa shape index (κ2) is 4.65. The van der Waals surface area contributed by atoms with E-state index in [-0.39, 0.29) is 0 Å². The van der Waals surface area contributed by atoms with Crippen LogP contribution in [0.15, 0.2) is 28.8 Å². The molecule has 0 aliphatic heterocycles. The van der Waals surface area contributed by atoms with Crippen molar-refractivity contribution >= 4 is 5.95 Å². The summed E-state index contributed by atoms with van der Waals surface area (Å²) in [7, 11) is 1.57. The Morgan fingerprint density at radius 2 is 2.25 bits per heavy atom. The molecule has 5 heteroatoms. The van der Waals surface area contributed by atoms with Crippen molar-refractivity contribution in [1.29, 1.82) is 0 Å². The normalized spacial score (nSPS) is 10.1. The zero-order chi connectivity index (χ0) is 11.4. The molecule has 0 aromatic carbocycles. The van der Waals surface area contributed by atoms with E-state index in [9.17, 15) is 0 Å². The first kappa shape index (κ1) is 10.5. The fraction of sp³-hybridized carbons (Fsp3) is 0.273. The van der Waals surface area contributed by atoms with Crippen LogP contribution in [-0.2, 0) is 6.54 Å². The van der Waals surface area contributed by atoms with Gasteiger partial charge in [-0.2, -0.15) is 4.98 Å². The quantitative estimate of drug-likeness (QED) is 0.852. The van der Waals surface area contributed by atoms with Crippen molar-refractivity contribution in [2.45, 2.75) is 13.5 Å². The van der Waals surface area contributed by atoms with Crippen molar-refractivity contribution in [3.05, 3.63) is 35.9 Å². The van der Waals surface area contributed by atoms with Gasteiger partial charge in [0.15, 0.2) is 0 Å². The number of ether oxygens (including phenoxy) is 1. The minimum absolute atomic E-state index is 0.522. The summed E-state index contributed by atoms with van der Waals surface area (Å²) in [6.45, 7) is 2.46. The standard InChI is InChI=1S/C11H13N3O2/c1-8-3-4-9(16-8)7-13-11-12-6-5-10(14-11)15-2/h3-6H,7H2,1-2H3,(H,12,13,14). The SMILES string of the molecule is COc1ccnc(NCc2ccc(C)o2)n1. The molecule has 0 radical (unpaired) electrons. The molecule has 2 aromatic rings. The number of furan rings is 1. The molecule has 0 aliphatic rings. The van der Waals surface area contributed by atoms with E-state index in [1.54, 1.807) is 19.4 Å². The molecule has 1 N–H and O–H groups in total. The van der Waals surface area contributed by atoms with Crippen LogP contribution in [0, 0.1) is 6.92 Å². The molecule has 0 saturated carbocycles. The Labute approximate surface area is 93.5 Å². The smallest absolute Gasteiger partial charge is 0.226 e. The highest BCUT2D eigenvalue weighted by atomic mass is 16.5. The fourth-order valence-corrected chi connectivity index (χ4v) is 1.29. The number of hydrogen-bond acceptors (Lipinski definition) is 5. The van der Waals surface area contributed by atoms with Gasteiger partial charge >= 0.3 is 0 Å². The number of aromatic nitrogens is 2. The summed E-state index contributed by atoms with van der Waals surface area (Å²) < 4.78 is 10.4. The number of aryl methyl sites for hydroxylation is 1. The molecule has 84 valence electrons. The summed E-state index contributed by atoms with van der Waals surface area (Å²) in [5.41, 5.74) is 0. The lowest BCUT2D eigenvalue weighted by atomic mass is 10.4. The highest BCUT2D eigenvalue weighted by Crippen LogP contribution is 2.10. The van der Waals surface area contributed by atoms with E-state index in [0.29, 0.717) is 18.4 Å². The van der Waals surface area contributed by atoms with E-state index in [1.807, 2.05) is 19.1 Å². The van der Waals surface area contributed by atoms with Gasteiger partial charge < -0.3 is 14.5 Å². The van der Waals surface area contributed by atoms with E-state index in [0.717, 1.165) is 11.5 Å². The summed E-state index contributed by atoms with van der Waals surface area (Å²) in [5, 5.41) is 3.05. The van der Waals surface area contributed by atoms with Crippen LogP contribution in [0.3, 0.4) is 0 Å². The third-order valence-electron chi connectivity index (χ3n) is 2.06. The molecular weight excluding hydrogens is 206 g/mol. The van der Waals surface area contributed by atoms with Gasteiger partial charge in [-0.3, -0.25) is 0 Å². The molecule has 0 amide bonds. The highest BCUT2D eigenvalue weighted by molar-refractivity contribution is 5.28. The van der Waals surface area contributed by atoms with Crippen molar-refractivity contribution in [3.63, 3.8) is 0 Å². The van der Waals surface area contributed by atoms with Crippen molar-refractivity contribution in [2.75, 3.05) is 12.4 Å². The first-order valence-corrected chi connectivity index (χ1v) is 4.94. The van der Waals surface area contributed by atoms with Crippen LogP contribution in [0.5, 0.6) is 5.88 Å². The van der Waals surface area contributed by atoms with Gasteiger partial charge in [0.05, 0.1) is 13.7 Å². The third-order valence-corrected chi connectivity index (χ3v) is 2.06. The summed E-state index contributed by atoms with van der Waals surface area (Å²) in [4.78, 5) is 8.19. The number of nitrogens with zero attached hydrogens (tertiary/aromatic N) is 2. The van der Waals surface area contributed by atoms with Gasteiger partial charge in [0.1, 0.15) is 11.5 Å². The molecule has 2 rings (SSSR count). The molecule has 5 nitrogen and oxygen atoms in total. The molecule has 0 saturated heterocycles. The van der Waals surface area contributed by atoms with Gasteiger partial charge in [0.2, 0.25) is 11.8 Å². The first-order chi connectivity index (χ1) is 7.78. The Bertz CT molecular complexity index is 468. The molecule has 0 unspecified atom stereocenters. The predicted octanol–water partition coefficient (Wildman–Crippen LogP) is 2.00. The first-order valence-electron chi connectivity index (χ1n) is 4.94. The number of methoxy groups -OCH3 is 1. The maximum absolute atomic E-state index is 5.41. The average Bonchev–Trinajstić information content (AvgIpc) is 2.73. The molecule has 0 spiro atoms. The van der Waals surface area contributed by atoms with Crippen molar-refractivity contribution in [3.8, 4) is 5.88 Å². The van der Waals surface area contributed by atoms with Gasteiger partial charge in [0.25, 0.3) is 0 Å². The van der Waals surface area contributed by atoms with E-state index in [4.69, 9.17) is 9.15 Å². The Kier molecular flexibility index (Phi) is 3.05. The van der Waals surface area contributed by atoms with Crippen LogP contribution in [0.4, 0.5) is 5.95 Å². The predicted molar refractivity (Wildman–Crippen MR) is 59.4 cm³/mol. The maximum atomic E-state index is 5.41. The minimum Gasteiger partial charge on any atom is -0.481 e. The Morgan fingerprint density at radius 1 is 1.38 bits per heavy atom. The van der Waals surface area contributed by atoms with Crippen molar-refractivity contribution in [1.82, 2.24) is 9.97 Å². The van der Waals surface area contributed by atoms with Crippen LogP contribution in [0.1, 0.15) is 11.5 Å². The Hall–Kier alpha value is -2.04. The minimum atomic E-state index is 0.522. The van der Waals surface area contributed by atoms with Gasteiger partial charge in [-0.25, -0.2) is 4.98 Å². The van der Waals surface area contributed by atoms with Gasteiger partial charge in [-0.15, -0.1) is 0 Å². The second-order valence-corrected chi connectivity index (χ2v) is 3.29. The van der Waals surface area contributed by atoms with Crippen LogP contribution >= 0.6 is 0 Å². The van der Waals surface area contributed by atoms with Crippen molar-refractivity contribution < 1.29 is 9.15 Å². The molecular formula is C11H13N3O2. The van der Waals surface area contributed by atoms with Crippen LogP contribution < -0.4 is 10.1 Å². The lowest BCUT2D eigenvalue weighted by Gasteiger charge is -2.03. The molecule has 0 bridgehead atoms. The summed E-state index contributed by atoms with van der Waals surface area (Å²) >= 11 is 0. The van der Waals surface area contributed by atoms with E-state index in [1.165, 1.54) is 0 Å².